The molecule has 3 amide bonds. The minimum Gasteiger partial charge on any atom is -0.484 e. The predicted octanol–water partition coefficient (Wildman–Crippen LogP) is 3.92. The summed E-state index contributed by atoms with van der Waals surface area (Å²) in [6.07, 6.45) is -0.966. The van der Waals surface area contributed by atoms with Crippen molar-refractivity contribution in [3.63, 3.8) is 0 Å². The zero-order chi connectivity index (χ0) is 35.2. The van der Waals surface area contributed by atoms with Gasteiger partial charge in [-0.3, -0.25) is 14.4 Å². The molecule has 13 heteroatoms. The first-order chi connectivity index (χ1) is 22.7. The number of carbonyl (C=O) groups excluding carboxylic acids is 3. The first-order valence-electron chi connectivity index (χ1n) is 15.4. The van der Waals surface area contributed by atoms with Crippen molar-refractivity contribution in [2.45, 2.75) is 56.7 Å². The number of carboxylic acids is 1. The summed E-state index contributed by atoms with van der Waals surface area (Å²) in [6, 6.07) is 15.7. The molecule has 1 fully saturated rings. The average Bonchev–Trinajstić information content (AvgIpc) is 3.04. The number of halogens is 2. The highest BCUT2D eigenvalue weighted by Gasteiger charge is 2.56. The van der Waals surface area contributed by atoms with Crippen LogP contribution in [0, 0.1) is 23.5 Å². The Labute approximate surface area is 281 Å². The van der Waals surface area contributed by atoms with Crippen molar-refractivity contribution in [3.8, 4) is 5.75 Å². The summed E-state index contributed by atoms with van der Waals surface area (Å²) in [6.45, 7) is 6.35. The molecule has 0 radical (unpaired) electrons. The summed E-state index contributed by atoms with van der Waals surface area (Å²) >= 11 is 1.22. The minimum atomic E-state index is -1.17. The van der Waals surface area contributed by atoms with Gasteiger partial charge in [0.2, 0.25) is 11.8 Å². The van der Waals surface area contributed by atoms with Crippen molar-refractivity contribution in [2.75, 3.05) is 12.4 Å². The van der Waals surface area contributed by atoms with Crippen LogP contribution >= 0.6 is 11.8 Å². The Balaban J connectivity index is 1.46. The normalized spacial score (nSPS) is 19.1. The monoisotopic (exact) mass is 683 g/mol. The molecule has 3 aromatic carbocycles. The first-order valence-corrected chi connectivity index (χ1v) is 16.5. The second-order valence-corrected chi connectivity index (χ2v) is 13.4. The maximum atomic E-state index is 13.9. The molecule has 4 rings (SSSR count). The smallest absolute Gasteiger partial charge is 0.326 e. The van der Waals surface area contributed by atoms with Crippen molar-refractivity contribution in [1.29, 1.82) is 0 Å². The van der Waals surface area contributed by atoms with E-state index >= 15 is 0 Å². The van der Waals surface area contributed by atoms with Gasteiger partial charge in [0.05, 0.1) is 6.10 Å². The van der Waals surface area contributed by atoms with Gasteiger partial charge in [0.25, 0.3) is 5.91 Å². The van der Waals surface area contributed by atoms with Gasteiger partial charge in [-0.25, -0.2) is 13.6 Å². The number of aliphatic hydroxyl groups excluding tert-OH is 1. The van der Waals surface area contributed by atoms with Gasteiger partial charge in [0.1, 0.15) is 40.3 Å². The molecule has 0 saturated carbocycles. The summed E-state index contributed by atoms with van der Waals surface area (Å²) in [4.78, 5) is 50.1. The molecule has 256 valence electrons. The first kappa shape index (κ1) is 36.3. The number of hydrogen-bond acceptors (Lipinski definition) is 7. The van der Waals surface area contributed by atoms with E-state index in [0.29, 0.717) is 22.4 Å². The van der Waals surface area contributed by atoms with Crippen LogP contribution in [0.1, 0.15) is 50.5 Å². The van der Waals surface area contributed by atoms with Crippen molar-refractivity contribution >= 4 is 35.5 Å². The molecule has 1 unspecified atom stereocenters. The van der Waals surface area contributed by atoms with Crippen molar-refractivity contribution in [3.05, 3.63) is 101 Å². The van der Waals surface area contributed by atoms with E-state index < -0.39 is 65.0 Å². The maximum absolute atomic E-state index is 13.9. The van der Waals surface area contributed by atoms with Crippen LogP contribution in [-0.2, 0) is 24.7 Å². The highest BCUT2D eigenvalue weighted by atomic mass is 32.2. The Morgan fingerprint density at radius 3 is 1.88 bits per heavy atom. The minimum absolute atomic E-state index is 0.132. The average molecular weight is 684 g/mol. The lowest BCUT2D eigenvalue weighted by Gasteiger charge is -2.50. The van der Waals surface area contributed by atoms with E-state index in [0.717, 1.165) is 0 Å². The Hall–Kier alpha value is -4.49. The molecular weight excluding hydrogens is 644 g/mol. The fourth-order valence-electron chi connectivity index (χ4n) is 5.41. The molecule has 3 aromatic rings. The van der Waals surface area contributed by atoms with Crippen molar-refractivity contribution in [1.82, 2.24) is 16.0 Å². The lowest BCUT2D eigenvalue weighted by atomic mass is 9.74. The highest BCUT2D eigenvalue weighted by molar-refractivity contribution is 8.00. The van der Waals surface area contributed by atoms with Gasteiger partial charge in [0, 0.05) is 5.75 Å². The van der Waals surface area contributed by atoms with Gasteiger partial charge >= 0.3 is 5.97 Å². The maximum Gasteiger partial charge on any atom is 0.326 e. The molecule has 5 atom stereocenters. The van der Waals surface area contributed by atoms with E-state index in [-0.39, 0.29) is 23.5 Å². The van der Waals surface area contributed by atoms with Crippen LogP contribution in [0.5, 0.6) is 5.75 Å². The molecule has 1 heterocycles. The number of aliphatic hydroxyl groups is 1. The molecule has 10 nitrogen and oxygen atoms in total. The summed E-state index contributed by atoms with van der Waals surface area (Å²) in [5, 5.41) is 27.5. The van der Waals surface area contributed by atoms with E-state index in [1.165, 1.54) is 48.2 Å². The molecule has 1 aliphatic rings. The second-order valence-electron chi connectivity index (χ2n) is 12.3. The summed E-state index contributed by atoms with van der Waals surface area (Å²) < 4.78 is 32.9. The Morgan fingerprint density at radius 2 is 1.38 bits per heavy atom. The molecule has 1 saturated heterocycles. The number of carbonyl (C=O) groups is 4. The fraction of sp³-hybridized carbons (Fsp3) is 0.371. The SMILES string of the molecule is CC(C)[C@@H](NC(=O)[C@H](NC(=O)COc1ccc([C@]2(c3ccc(F)cc3)NC(=O)[C@@H]2SCC(O)c2ccc(F)cc2)cc1)C(C)C)C(=O)O. The largest absolute Gasteiger partial charge is 0.484 e. The Bertz CT molecular complexity index is 1600. The highest BCUT2D eigenvalue weighted by Crippen LogP contribution is 2.46. The van der Waals surface area contributed by atoms with E-state index in [1.54, 1.807) is 64.1 Å². The number of carboxylic acid groups (broad SMARTS) is 1. The van der Waals surface area contributed by atoms with Gasteiger partial charge < -0.3 is 30.9 Å². The number of ether oxygens (including phenoxy) is 1. The standard InChI is InChI=1S/C35H39F2N3O7S/c1-19(2)29(32(43)39-30(20(3)4)34(45)46)38-28(42)17-47-26-15-9-23(10-16-26)35(22-7-13-25(37)14-8-22)31(33(44)40-35)48-18-27(41)21-5-11-24(36)12-6-21/h5-16,19-20,27,29-31,41H,17-18H2,1-4H3,(H,38,42)(H,39,43)(H,40,44)(H,45,46)/t27?,29-,30-,31+,35+/m1/s1. The summed E-state index contributed by atoms with van der Waals surface area (Å²) in [7, 11) is 0. The van der Waals surface area contributed by atoms with Crippen LogP contribution in [0.2, 0.25) is 0 Å². The van der Waals surface area contributed by atoms with E-state index in [4.69, 9.17) is 4.74 Å². The predicted molar refractivity (Wildman–Crippen MR) is 176 cm³/mol. The molecule has 0 aromatic heterocycles. The summed E-state index contributed by atoms with van der Waals surface area (Å²) in [5.74, 6) is -3.78. The number of hydrogen-bond donors (Lipinski definition) is 5. The van der Waals surface area contributed by atoms with Gasteiger partial charge in [-0.05, 0) is 64.9 Å². The molecule has 0 bridgehead atoms. The topological polar surface area (TPSA) is 154 Å². The zero-order valence-corrected chi connectivity index (χ0v) is 27.7. The van der Waals surface area contributed by atoms with E-state index in [9.17, 15) is 38.2 Å². The third-order valence-electron chi connectivity index (χ3n) is 8.10. The van der Waals surface area contributed by atoms with E-state index in [2.05, 4.69) is 16.0 Å². The van der Waals surface area contributed by atoms with E-state index in [1.807, 2.05) is 0 Å². The van der Waals surface area contributed by atoms with Crippen LogP contribution in [0.15, 0.2) is 72.8 Å². The Morgan fingerprint density at radius 1 is 0.854 bits per heavy atom. The molecule has 0 spiro atoms. The lowest BCUT2D eigenvalue weighted by molar-refractivity contribution is -0.143. The lowest BCUT2D eigenvalue weighted by Crippen LogP contribution is -2.69. The number of nitrogens with one attached hydrogen (secondary N) is 3. The van der Waals surface area contributed by atoms with Crippen molar-refractivity contribution < 1.29 is 42.9 Å². The molecule has 1 aliphatic heterocycles. The molecular formula is C35H39F2N3O7S. The molecule has 0 aliphatic carbocycles. The van der Waals surface area contributed by atoms with Crippen LogP contribution in [-0.4, -0.2) is 63.6 Å². The van der Waals surface area contributed by atoms with Gasteiger partial charge in [-0.15, -0.1) is 11.8 Å². The van der Waals surface area contributed by atoms with Gasteiger partial charge in [0.15, 0.2) is 6.61 Å². The van der Waals surface area contributed by atoms with Crippen molar-refractivity contribution in [2.24, 2.45) is 11.8 Å². The van der Waals surface area contributed by atoms with Crippen LogP contribution < -0.4 is 20.7 Å². The number of rotatable bonds is 15. The number of aliphatic carboxylic acids is 1. The van der Waals surface area contributed by atoms with Crippen LogP contribution in [0.25, 0.3) is 0 Å². The molecule has 5 N–H and O–H groups in total. The zero-order valence-electron chi connectivity index (χ0n) is 26.9. The van der Waals surface area contributed by atoms with Gasteiger partial charge in [-0.1, -0.05) is 64.1 Å². The third-order valence-corrected chi connectivity index (χ3v) is 9.51. The number of benzene rings is 3. The third kappa shape index (κ3) is 8.32. The van der Waals surface area contributed by atoms with Crippen LogP contribution in [0.3, 0.4) is 0 Å². The Kier molecular flexibility index (Phi) is 11.8. The van der Waals surface area contributed by atoms with Crippen LogP contribution in [0.4, 0.5) is 8.78 Å². The summed E-state index contributed by atoms with van der Waals surface area (Å²) in [5.41, 5.74) is 0.692. The van der Waals surface area contributed by atoms with Gasteiger partial charge in [-0.2, -0.15) is 0 Å². The number of thioether (sulfide) groups is 1. The second kappa shape index (κ2) is 15.6. The quantitative estimate of drug-likeness (QED) is 0.151. The fourth-order valence-corrected chi connectivity index (χ4v) is 6.77. The number of amides is 3. The molecule has 48 heavy (non-hydrogen) atoms. The number of β-lactam (4-membered cyclic amide) rings is 1.